The smallest absolute Gasteiger partial charge is 0.433 e. The number of aromatic nitrogens is 3. The van der Waals surface area contributed by atoms with Gasteiger partial charge in [-0.3, -0.25) is 5.01 Å². The molecule has 0 saturated heterocycles. The summed E-state index contributed by atoms with van der Waals surface area (Å²) in [6.45, 7) is 0.200. The molecule has 0 aliphatic carbocycles. The van der Waals surface area contributed by atoms with E-state index in [1.165, 1.54) is 35.5 Å². The summed E-state index contributed by atoms with van der Waals surface area (Å²) in [6.07, 6.45) is -3.35. The Morgan fingerprint density at radius 2 is 2.03 bits per heavy atom. The summed E-state index contributed by atoms with van der Waals surface area (Å²) in [5, 5.41) is 12.6. The van der Waals surface area contributed by atoms with Gasteiger partial charge in [-0.05, 0) is 24.3 Å². The molecular weight excluding hydrogens is 440 g/mol. The van der Waals surface area contributed by atoms with Crippen LogP contribution >= 0.6 is 11.6 Å². The number of halogens is 5. The third kappa shape index (κ3) is 4.41. The lowest BCUT2D eigenvalue weighted by atomic mass is 10.2. The van der Waals surface area contributed by atoms with Crippen molar-refractivity contribution in [3.8, 4) is 5.82 Å². The number of nitrogens with zero attached hydrogens (tertiary/aromatic N) is 5. The van der Waals surface area contributed by atoms with Gasteiger partial charge in [-0.2, -0.15) is 18.3 Å². The van der Waals surface area contributed by atoms with Crippen LogP contribution in [-0.2, 0) is 17.5 Å². The Morgan fingerprint density at radius 3 is 2.65 bits per heavy atom. The van der Waals surface area contributed by atoms with E-state index in [4.69, 9.17) is 16.3 Å². The van der Waals surface area contributed by atoms with Crippen molar-refractivity contribution in [3.05, 3.63) is 70.4 Å². The summed E-state index contributed by atoms with van der Waals surface area (Å²) in [5.41, 5.74) is -0.342. The zero-order chi connectivity index (χ0) is 22.2. The van der Waals surface area contributed by atoms with Crippen LogP contribution in [0.25, 0.3) is 5.82 Å². The van der Waals surface area contributed by atoms with Crippen LogP contribution in [0.15, 0.2) is 47.7 Å². The number of rotatable bonds is 5. The Bertz CT molecular complexity index is 1110. The maximum Gasteiger partial charge on any atom is 0.433 e. The van der Waals surface area contributed by atoms with E-state index in [0.717, 1.165) is 6.07 Å². The molecule has 0 saturated carbocycles. The Morgan fingerprint density at radius 1 is 1.23 bits per heavy atom. The fourth-order valence-corrected chi connectivity index (χ4v) is 3.09. The molecule has 0 fully saturated rings. The maximum atomic E-state index is 13.9. The highest BCUT2D eigenvalue weighted by molar-refractivity contribution is 6.31. The molecule has 4 rings (SSSR count). The fourth-order valence-electron chi connectivity index (χ4n) is 2.86. The monoisotopic (exact) mass is 454 g/mol. The second-order valence-electron chi connectivity index (χ2n) is 6.62. The molecule has 0 atom stereocenters. The van der Waals surface area contributed by atoms with Gasteiger partial charge in [0, 0.05) is 30.2 Å². The molecule has 0 spiro atoms. The van der Waals surface area contributed by atoms with Gasteiger partial charge in [-0.1, -0.05) is 17.7 Å². The van der Waals surface area contributed by atoms with Crippen LogP contribution in [0.3, 0.4) is 0 Å². The highest BCUT2D eigenvalue weighted by atomic mass is 35.5. The SMILES string of the molecule is CN1COC(c2cc(C(F)(F)F)n(-c3ccc(NCc4c(F)cccc4Cl)cn3)n2)=N1. The van der Waals surface area contributed by atoms with Gasteiger partial charge in [-0.25, -0.2) is 14.1 Å². The summed E-state index contributed by atoms with van der Waals surface area (Å²) < 4.78 is 60.4. The van der Waals surface area contributed by atoms with Crippen molar-refractivity contribution in [1.29, 1.82) is 0 Å². The van der Waals surface area contributed by atoms with Crippen molar-refractivity contribution < 1.29 is 22.3 Å². The average molecular weight is 455 g/mol. The number of pyridine rings is 1. The summed E-state index contributed by atoms with van der Waals surface area (Å²) in [5.74, 6) is -0.530. The van der Waals surface area contributed by atoms with E-state index in [-0.39, 0.29) is 41.3 Å². The van der Waals surface area contributed by atoms with Gasteiger partial charge >= 0.3 is 6.18 Å². The van der Waals surface area contributed by atoms with Crippen molar-refractivity contribution in [2.45, 2.75) is 12.7 Å². The Labute approximate surface area is 178 Å². The lowest BCUT2D eigenvalue weighted by molar-refractivity contribution is -0.142. The molecule has 0 bridgehead atoms. The molecular formula is C19H15ClF4N6O. The van der Waals surface area contributed by atoms with Crippen LogP contribution in [0.4, 0.5) is 23.2 Å². The van der Waals surface area contributed by atoms with E-state index >= 15 is 0 Å². The van der Waals surface area contributed by atoms with Crippen LogP contribution in [0.1, 0.15) is 17.0 Å². The zero-order valence-electron chi connectivity index (χ0n) is 16.0. The summed E-state index contributed by atoms with van der Waals surface area (Å²) in [4.78, 5) is 4.06. The summed E-state index contributed by atoms with van der Waals surface area (Å²) in [7, 11) is 1.62. The van der Waals surface area contributed by atoms with Crippen molar-refractivity contribution in [2.24, 2.45) is 5.10 Å². The number of hydrogen-bond donors (Lipinski definition) is 1. The quantitative estimate of drug-likeness (QED) is 0.583. The molecule has 162 valence electrons. The van der Waals surface area contributed by atoms with Gasteiger partial charge in [0.15, 0.2) is 18.2 Å². The lowest BCUT2D eigenvalue weighted by Gasteiger charge is -2.11. The van der Waals surface area contributed by atoms with Gasteiger partial charge < -0.3 is 10.1 Å². The predicted octanol–water partition coefficient (Wildman–Crippen LogP) is 4.27. The van der Waals surface area contributed by atoms with Crippen LogP contribution in [0.5, 0.6) is 0 Å². The molecule has 1 aliphatic heterocycles. The zero-order valence-corrected chi connectivity index (χ0v) is 16.7. The van der Waals surface area contributed by atoms with Gasteiger partial charge in [-0.15, -0.1) is 5.10 Å². The predicted molar refractivity (Wildman–Crippen MR) is 105 cm³/mol. The minimum atomic E-state index is -4.67. The largest absolute Gasteiger partial charge is 0.452 e. The van der Waals surface area contributed by atoms with Crippen molar-refractivity contribution >= 4 is 23.2 Å². The Balaban J connectivity index is 1.58. The first kappa shape index (κ1) is 20.9. The number of hydrazone groups is 1. The van der Waals surface area contributed by atoms with Gasteiger partial charge in [0.1, 0.15) is 11.5 Å². The molecule has 0 unspecified atom stereocenters. The molecule has 2 aromatic heterocycles. The molecule has 7 nitrogen and oxygen atoms in total. The highest BCUT2D eigenvalue weighted by Gasteiger charge is 2.38. The first-order chi connectivity index (χ1) is 14.7. The van der Waals surface area contributed by atoms with Gasteiger partial charge in [0.2, 0.25) is 0 Å². The van der Waals surface area contributed by atoms with Crippen molar-refractivity contribution in [2.75, 3.05) is 19.1 Å². The van der Waals surface area contributed by atoms with E-state index in [2.05, 4.69) is 20.5 Å². The van der Waals surface area contributed by atoms with E-state index in [9.17, 15) is 17.6 Å². The van der Waals surface area contributed by atoms with E-state index in [1.54, 1.807) is 13.1 Å². The van der Waals surface area contributed by atoms with Crippen LogP contribution in [0.2, 0.25) is 5.02 Å². The Kier molecular flexibility index (Phi) is 5.44. The first-order valence-electron chi connectivity index (χ1n) is 8.96. The summed E-state index contributed by atoms with van der Waals surface area (Å²) in [6, 6.07) is 8.07. The van der Waals surface area contributed by atoms with Crippen molar-refractivity contribution in [1.82, 2.24) is 19.8 Å². The molecule has 1 N–H and O–H groups in total. The molecule has 3 aromatic rings. The van der Waals surface area contributed by atoms with Gasteiger partial charge in [0.05, 0.1) is 11.9 Å². The topological polar surface area (TPSA) is 67.6 Å². The molecule has 3 heterocycles. The third-order valence-electron chi connectivity index (χ3n) is 4.36. The minimum Gasteiger partial charge on any atom is -0.452 e. The number of alkyl halides is 3. The minimum absolute atomic E-state index is 0.00759. The Hall–Kier alpha value is -3.34. The normalized spacial score (nSPS) is 13.9. The molecule has 31 heavy (non-hydrogen) atoms. The van der Waals surface area contributed by atoms with E-state index < -0.39 is 17.7 Å². The number of ether oxygens (including phenoxy) is 1. The number of nitrogens with one attached hydrogen (secondary N) is 1. The molecule has 1 aromatic carbocycles. The third-order valence-corrected chi connectivity index (χ3v) is 4.72. The maximum absolute atomic E-state index is 13.9. The van der Waals surface area contributed by atoms with Crippen LogP contribution < -0.4 is 5.32 Å². The first-order valence-corrected chi connectivity index (χ1v) is 9.33. The fraction of sp³-hybridized carbons (Fsp3) is 0.211. The lowest BCUT2D eigenvalue weighted by Crippen LogP contribution is -2.14. The number of benzene rings is 1. The van der Waals surface area contributed by atoms with E-state index in [0.29, 0.717) is 10.4 Å². The van der Waals surface area contributed by atoms with Crippen molar-refractivity contribution in [3.63, 3.8) is 0 Å². The van der Waals surface area contributed by atoms with Crippen LogP contribution in [-0.4, -0.2) is 39.4 Å². The number of anilines is 1. The number of hydrogen-bond acceptors (Lipinski definition) is 6. The summed E-state index contributed by atoms with van der Waals surface area (Å²) >= 11 is 5.99. The van der Waals surface area contributed by atoms with Gasteiger partial charge in [0.25, 0.3) is 5.90 Å². The van der Waals surface area contributed by atoms with E-state index in [1.807, 2.05) is 0 Å². The van der Waals surface area contributed by atoms with Crippen LogP contribution in [0, 0.1) is 5.82 Å². The highest BCUT2D eigenvalue weighted by Crippen LogP contribution is 2.32. The molecule has 1 aliphatic rings. The second-order valence-corrected chi connectivity index (χ2v) is 7.03. The standard InChI is InChI=1S/C19H15ClF4N6O/c1-29-10-31-18(28-29)15-7-16(19(22,23)24)30(27-15)17-6-5-11(8-26-17)25-9-12-13(20)3-2-4-14(12)21/h2-8,25H,9-10H2,1H3. The second kappa shape index (κ2) is 8.06. The molecule has 0 radical (unpaired) electrons. The molecule has 0 amide bonds. The molecule has 12 heteroatoms. The average Bonchev–Trinajstić information content (AvgIpc) is 3.34.